The molecule has 2 aromatic heterocycles. The third-order valence-electron chi connectivity index (χ3n) is 7.66. The molecule has 1 aromatic carbocycles. The summed E-state index contributed by atoms with van der Waals surface area (Å²) >= 11 is 6.32. The first kappa shape index (κ1) is 23.0. The van der Waals surface area contributed by atoms with Crippen molar-refractivity contribution >= 4 is 40.3 Å². The Morgan fingerprint density at radius 1 is 1.19 bits per heavy atom. The minimum absolute atomic E-state index is 0.0123. The Labute approximate surface area is 212 Å². The standard InChI is InChI=1S/C26H26ClN5O4/c1-2-14-9-17-22(11-28-14)31(30-24(17)26(35)36)12-23(33)32-20-7-13(20)8-21(32)25(34)29-19-10-16(19)15-5-3-4-6-18(15)27/h3-6,9,11,13,16,19-21H,2,7-8,10,12H2,1H3,(H,29,34)(H,35,36)/t13-,16+,19-,20-,21+/m1/s1. The minimum atomic E-state index is -1.15. The Kier molecular flexibility index (Phi) is 5.48. The number of aromatic nitrogens is 3. The molecule has 9 nitrogen and oxygen atoms in total. The van der Waals surface area contributed by atoms with E-state index in [4.69, 9.17) is 11.6 Å². The molecule has 6 rings (SSSR count). The second-order valence-electron chi connectivity index (χ2n) is 9.95. The molecule has 2 amide bonds. The first-order chi connectivity index (χ1) is 17.4. The molecule has 1 saturated heterocycles. The predicted octanol–water partition coefficient (Wildman–Crippen LogP) is 3.01. The number of rotatable bonds is 7. The van der Waals surface area contributed by atoms with Crippen molar-refractivity contribution in [2.75, 3.05) is 0 Å². The van der Waals surface area contributed by atoms with Crippen LogP contribution in [0.5, 0.6) is 0 Å². The zero-order chi connectivity index (χ0) is 25.1. The Bertz CT molecular complexity index is 1400. The van der Waals surface area contributed by atoms with E-state index < -0.39 is 12.0 Å². The molecule has 186 valence electrons. The number of hydrogen-bond acceptors (Lipinski definition) is 5. The number of aromatic carboxylic acids is 1. The van der Waals surface area contributed by atoms with Gasteiger partial charge in [-0.25, -0.2) is 4.79 Å². The van der Waals surface area contributed by atoms with Gasteiger partial charge in [0.05, 0.1) is 11.7 Å². The molecule has 3 fully saturated rings. The van der Waals surface area contributed by atoms with E-state index in [1.165, 1.54) is 4.68 Å². The highest BCUT2D eigenvalue weighted by atomic mass is 35.5. The lowest BCUT2D eigenvalue weighted by Gasteiger charge is -2.27. The quantitative estimate of drug-likeness (QED) is 0.507. The van der Waals surface area contributed by atoms with Crippen molar-refractivity contribution < 1.29 is 19.5 Å². The fourth-order valence-corrected chi connectivity index (χ4v) is 5.87. The molecule has 3 aliphatic rings. The maximum atomic E-state index is 13.4. The van der Waals surface area contributed by atoms with E-state index in [0.29, 0.717) is 34.7 Å². The molecular weight excluding hydrogens is 482 g/mol. The van der Waals surface area contributed by atoms with Crippen molar-refractivity contribution in [2.24, 2.45) is 5.92 Å². The van der Waals surface area contributed by atoms with Crippen LogP contribution in [0.15, 0.2) is 36.5 Å². The number of halogens is 1. The van der Waals surface area contributed by atoms with Gasteiger partial charge in [0, 0.05) is 34.1 Å². The second-order valence-corrected chi connectivity index (χ2v) is 10.4. The van der Waals surface area contributed by atoms with Crippen LogP contribution in [0.3, 0.4) is 0 Å². The molecule has 36 heavy (non-hydrogen) atoms. The number of carbonyl (C=O) groups excluding carboxylic acids is 2. The van der Waals surface area contributed by atoms with Crippen LogP contribution in [0.4, 0.5) is 0 Å². The highest BCUT2D eigenvalue weighted by Gasteiger charge is 2.56. The van der Waals surface area contributed by atoms with Gasteiger partial charge in [0.15, 0.2) is 5.69 Å². The van der Waals surface area contributed by atoms with Gasteiger partial charge in [-0.3, -0.25) is 19.3 Å². The number of nitrogens with zero attached hydrogens (tertiary/aromatic N) is 4. The SMILES string of the molecule is CCc1cc2c(C(=O)O)nn(CC(=O)N3[C@@H]4C[C@@H]4C[C@H]3C(=O)N[C@@H]3C[C@H]3c3ccccc3Cl)c2cn1. The molecule has 2 N–H and O–H groups in total. The smallest absolute Gasteiger partial charge is 0.357 e. The molecule has 0 bridgehead atoms. The van der Waals surface area contributed by atoms with E-state index in [-0.39, 0.29) is 42.1 Å². The van der Waals surface area contributed by atoms with Crippen molar-refractivity contribution in [3.63, 3.8) is 0 Å². The molecule has 3 heterocycles. The van der Waals surface area contributed by atoms with E-state index in [0.717, 1.165) is 24.1 Å². The summed E-state index contributed by atoms with van der Waals surface area (Å²) in [5.41, 5.74) is 2.18. The predicted molar refractivity (Wildman–Crippen MR) is 132 cm³/mol. The van der Waals surface area contributed by atoms with Crippen molar-refractivity contribution in [1.29, 1.82) is 0 Å². The lowest BCUT2D eigenvalue weighted by atomic mass is 10.1. The Morgan fingerprint density at radius 3 is 2.75 bits per heavy atom. The molecule has 2 aliphatic carbocycles. The number of piperidine rings is 1. The number of carbonyl (C=O) groups is 3. The van der Waals surface area contributed by atoms with Gasteiger partial charge in [0.2, 0.25) is 11.8 Å². The summed E-state index contributed by atoms with van der Waals surface area (Å²) in [5.74, 6) is -1.01. The van der Waals surface area contributed by atoms with Gasteiger partial charge in [0.1, 0.15) is 12.6 Å². The van der Waals surface area contributed by atoms with Gasteiger partial charge >= 0.3 is 5.97 Å². The fourth-order valence-electron chi connectivity index (χ4n) is 5.60. The van der Waals surface area contributed by atoms with Crippen LogP contribution in [0, 0.1) is 5.92 Å². The third kappa shape index (κ3) is 3.91. The highest BCUT2D eigenvalue weighted by molar-refractivity contribution is 6.31. The van der Waals surface area contributed by atoms with Crippen LogP contribution >= 0.6 is 11.6 Å². The van der Waals surface area contributed by atoms with E-state index in [1.54, 1.807) is 17.2 Å². The van der Waals surface area contributed by atoms with Crippen molar-refractivity contribution in [1.82, 2.24) is 25.0 Å². The Hall–Kier alpha value is -3.46. The number of amides is 2. The maximum absolute atomic E-state index is 13.4. The van der Waals surface area contributed by atoms with E-state index in [2.05, 4.69) is 15.4 Å². The number of pyridine rings is 1. The maximum Gasteiger partial charge on any atom is 0.357 e. The zero-order valence-electron chi connectivity index (χ0n) is 19.7. The summed E-state index contributed by atoms with van der Waals surface area (Å²) in [5, 5.41) is 18.1. The lowest BCUT2D eigenvalue weighted by Crippen LogP contribution is -2.49. The number of fused-ring (bicyclic) bond motifs is 2. The zero-order valence-corrected chi connectivity index (χ0v) is 20.5. The van der Waals surface area contributed by atoms with E-state index >= 15 is 0 Å². The molecular formula is C26H26ClN5O4. The summed E-state index contributed by atoms with van der Waals surface area (Å²) in [6.07, 6.45) is 4.59. The average Bonchev–Trinajstić information content (AvgIpc) is 3.74. The topological polar surface area (TPSA) is 117 Å². The third-order valence-corrected chi connectivity index (χ3v) is 8.01. The van der Waals surface area contributed by atoms with Crippen LogP contribution in [0.1, 0.15) is 53.8 Å². The van der Waals surface area contributed by atoms with Gasteiger partial charge in [-0.05, 0) is 49.3 Å². The molecule has 0 spiro atoms. The molecule has 10 heteroatoms. The van der Waals surface area contributed by atoms with Crippen LogP contribution in [-0.4, -0.2) is 60.7 Å². The van der Waals surface area contributed by atoms with Crippen LogP contribution < -0.4 is 5.32 Å². The monoisotopic (exact) mass is 507 g/mol. The van der Waals surface area contributed by atoms with Crippen LogP contribution in [-0.2, 0) is 22.6 Å². The van der Waals surface area contributed by atoms with Crippen LogP contribution in [0.25, 0.3) is 10.9 Å². The normalized spacial score (nSPS) is 26.1. The summed E-state index contributed by atoms with van der Waals surface area (Å²) < 4.78 is 1.40. The summed E-state index contributed by atoms with van der Waals surface area (Å²) in [6.45, 7) is 1.79. The number of nitrogens with one attached hydrogen (secondary N) is 1. The Balaban J connectivity index is 1.18. The first-order valence-electron chi connectivity index (χ1n) is 12.3. The number of hydrogen-bond donors (Lipinski definition) is 2. The van der Waals surface area contributed by atoms with Crippen molar-refractivity contribution in [3.05, 3.63) is 58.5 Å². The number of likely N-dealkylation sites (tertiary alicyclic amines) is 1. The molecule has 2 saturated carbocycles. The largest absolute Gasteiger partial charge is 0.476 e. The van der Waals surface area contributed by atoms with E-state index in [1.807, 2.05) is 31.2 Å². The number of benzene rings is 1. The number of carboxylic acid groups (broad SMARTS) is 1. The van der Waals surface area contributed by atoms with Gasteiger partial charge in [-0.15, -0.1) is 0 Å². The number of aryl methyl sites for hydroxylation is 1. The highest BCUT2D eigenvalue weighted by Crippen LogP contribution is 2.49. The summed E-state index contributed by atoms with van der Waals surface area (Å²) in [6, 6.07) is 8.91. The van der Waals surface area contributed by atoms with Crippen molar-refractivity contribution in [2.45, 2.75) is 63.2 Å². The minimum Gasteiger partial charge on any atom is -0.476 e. The molecule has 5 atom stereocenters. The van der Waals surface area contributed by atoms with E-state index in [9.17, 15) is 19.5 Å². The number of carboxylic acids is 1. The molecule has 3 aromatic rings. The first-order valence-corrected chi connectivity index (χ1v) is 12.7. The van der Waals surface area contributed by atoms with Crippen molar-refractivity contribution in [3.8, 4) is 0 Å². The van der Waals surface area contributed by atoms with Gasteiger partial charge in [-0.2, -0.15) is 5.10 Å². The fraction of sp³-hybridized carbons (Fsp3) is 0.423. The Morgan fingerprint density at radius 2 is 2.00 bits per heavy atom. The molecule has 0 radical (unpaired) electrons. The second kappa shape index (κ2) is 8.58. The lowest BCUT2D eigenvalue weighted by molar-refractivity contribution is -0.140. The summed E-state index contributed by atoms with van der Waals surface area (Å²) in [7, 11) is 0. The van der Waals surface area contributed by atoms with Gasteiger partial charge in [0.25, 0.3) is 0 Å². The van der Waals surface area contributed by atoms with Gasteiger partial charge in [-0.1, -0.05) is 36.7 Å². The van der Waals surface area contributed by atoms with Crippen LogP contribution in [0.2, 0.25) is 5.02 Å². The average molecular weight is 508 g/mol. The summed E-state index contributed by atoms with van der Waals surface area (Å²) in [4.78, 5) is 44.5. The molecule has 0 unspecified atom stereocenters. The molecule has 1 aliphatic heterocycles. The van der Waals surface area contributed by atoms with Gasteiger partial charge < -0.3 is 15.3 Å².